The molecule has 11 heavy (non-hydrogen) atoms. The largest absolute Gasteiger partial charge is 0.293 e. The molecule has 1 aliphatic heterocycles. The summed E-state index contributed by atoms with van der Waals surface area (Å²) in [4.78, 5) is 18.2. The number of ketones is 1. The van der Waals surface area contributed by atoms with Crippen molar-refractivity contribution in [1.82, 2.24) is 5.48 Å². The molecule has 0 fully saturated rings. The molecule has 0 aromatic heterocycles. The molecule has 0 spiro atoms. The van der Waals surface area contributed by atoms with E-state index in [1.54, 1.807) is 0 Å². The monoisotopic (exact) mass is 156 g/mol. The molecule has 5 nitrogen and oxygen atoms in total. The van der Waals surface area contributed by atoms with Crippen molar-refractivity contribution in [3.63, 3.8) is 0 Å². The smallest absolute Gasteiger partial charge is 0.177 e. The first kappa shape index (κ1) is 7.90. The maximum absolute atomic E-state index is 10.7. The number of aliphatic imine (C=N–C) groups is 1. The van der Waals surface area contributed by atoms with Gasteiger partial charge in [0.05, 0.1) is 12.2 Å². The Bertz CT molecular complexity index is 232. The molecule has 0 radical (unpaired) electrons. The fraction of sp³-hybridized carbons (Fsp3) is 0.333. The van der Waals surface area contributed by atoms with E-state index in [9.17, 15) is 4.79 Å². The lowest BCUT2D eigenvalue weighted by Gasteiger charge is -1.96. The van der Waals surface area contributed by atoms with Crippen LogP contribution in [-0.4, -0.2) is 23.3 Å². The van der Waals surface area contributed by atoms with Gasteiger partial charge in [-0.15, -0.1) is 4.99 Å². The number of carbonyl (C=O) groups is 1. The van der Waals surface area contributed by atoms with Gasteiger partial charge in [-0.1, -0.05) is 0 Å². The minimum Gasteiger partial charge on any atom is -0.293 e. The molecular formula is C6H8N2O3. The minimum atomic E-state index is -0.0975. The lowest BCUT2D eigenvalue weighted by Crippen LogP contribution is -2.12. The second-order valence-electron chi connectivity index (χ2n) is 2.12. The molecule has 1 rings (SSSR count). The highest BCUT2D eigenvalue weighted by Gasteiger charge is 2.10. The van der Waals surface area contributed by atoms with Gasteiger partial charge in [0, 0.05) is 6.92 Å². The third-order valence-electron chi connectivity index (χ3n) is 1.27. The molecule has 1 heterocycles. The van der Waals surface area contributed by atoms with E-state index >= 15 is 0 Å². The topological polar surface area (TPSA) is 70.9 Å². The highest BCUT2D eigenvalue weighted by Crippen LogP contribution is 2.02. The first-order valence-corrected chi connectivity index (χ1v) is 3.06. The van der Waals surface area contributed by atoms with Crippen molar-refractivity contribution in [2.75, 3.05) is 6.54 Å². The maximum atomic E-state index is 10.7. The van der Waals surface area contributed by atoms with Crippen LogP contribution in [0.4, 0.5) is 0 Å². The number of hydrogen-bond donors (Lipinski definition) is 2. The Kier molecular flexibility index (Phi) is 2.35. The van der Waals surface area contributed by atoms with Gasteiger partial charge in [0.15, 0.2) is 5.78 Å². The van der Waals surface area contributed by atoms with Crippen LogP contribution in [-0.2, 0) is 9.78 Å². The molecule has 0 aliphatic carbocycles. The van der Waals surface area contributed by atoms with E-state index in [1.807, 2.05) is 0 Å². The molecule has 1 aliphatic rings. The first-order chi connectivity index (χ1) is 5.24. The van der Waals surface area contributed by atoms with Gasteiger partial charge in [-0.05, 0) is 6.08 Å². The van der Waals surface area contributed by atoms with Crippen LogP contribution in [0.1, 0.15) is 6.92 Å². The molecular weight excluding hydrogens is 148 g/mol. The van der Waals surface area contributed by atoms with Crippen LogP contribution in [0.5, 0.6) is 0 Å². The van der Waals surface area contributed by atoms with Crippen LogP contribution < -0.4 is 5.48 Å². The predicted octanol–water partition coefficient (Wildman–Crippen LogP) is -0.0919. The summed E-state index contributed by atoms with van der Waals surface area (Å²) >= 11 is 0. The van der Waals surface area contributed by atoms with Crippen molar-refractivity contribution in [3.8, 4) is 0 Å². The lowest BCUT2D eigenvalue weighted by molar-refractivity contribution is -0.283. The summed E-state index contributed by atoms with van der Waals surface area (Å²) < 4.78 is 0. The van der Waals surface area contributed by atoms with Crippen LogP contribution >= 0.6 is 0 Å². The summed E-state index contributed by atoms with van der Waals surface area (Å²) in [5.41, 5.74) is 3.14. The highest BCUT2D eigenvalue weighted by molar-refractivity contribution is 6.44. The number of Topliss-reactive ketones (excluding diaryl/α,β-unsaturated/α-hetero) is 1. The van der Waals surface area contributed by atoms with Gasteiger partial charge in [-0.25, -0.2) is 10.7 Å². The number of nitrogens with one attached hydrogen (secondary N) is 1. The minimum absolute atomic E-state index is 0.0975. The van der Waals surface area contributed by atoms with E-state index in [0.717, 1.165) is 0 Å². The Morgan fingerprint density at radius 2 is 2.64 bits per heavy atom. The van der Waals surface area contributed by atoms with Crippen molar-refractivity contribution >= 4 is 11.5 Å². The highest BCUT2D eigenvalue weighted by atomic mass is 17.2. The number of hydrogen-bond acceptors (Lipinski definition) is 5. The van der Waals surface area contributed by atoms with Crippen molar-refractivity contribution in [3.05, 3.63) is 11.8 Å². The van der Waals surface area contributed by atoms with E-state index in [0.29, 0.717) is 18.0 Å². The number of nitrogens with zero attached hydrogens (tertiary/aromatic N) is 1. The molecule has 0 saturated carbocycles. The van der Waals surface area contributed by atoms with E-state index in [4.69, 9.17) is 5.26 Å². The zero-order valence-electron chi connectivity index (χ0n) is 6.00. The van der Waals surface area contributed by atoms with Crippen molar-refractivity contribution in [2.24, 2.45) is 4.99 Å². The normalized spacial score (nSPS) is 15.8. The molecule has 0 atom stereocenters. The fourth-order valence-corrected chi connectivity index (χ4v) is 0.760. The zero-order chi connectivity index (χ0) is 8.27. The molecule has 0 amide bonds. The molecule has 0 aromatic rings. The first-order valence-electron chi connectivity index (χ1n) is 3.06. The molecule has 5 heteroatoms. The quantitative estimate of drug-likeness (QED) is 0.442. The second kappa shape index (κ2) is 3.27. The van der Waals surface area contributed by atoms with E-state index in [2.05, 4.69) is 15.5 Å². The third kappa shape index (κ3) is 1.86. The Labute approximate surface area is 63.3 Å². The van der Waals surface area contributed by atoms with E-state index < -0.39 is 0 Å². The fourth-order valence-electron chi connectivity index (χ4n) is 0.760. The number of hydroxylamine groups is 1. The maximum Gasteiger partial charge on any atom is 0.177 e. The van der Waals surface area contributed by atoms with E-state index in [1.165, 1.54) is 13.0 Å². The Morgan fingerprint density at radius 1 is 1.91 bits per heavy atom. The zero-order valence-corrected chi connectivity index (χ0v) is 6.00. The SMILES string of the molecule is CC(=O)C1=NCC(NOO)=C1. The Hall–Kier alpha value is -1.20. The number of carbonyl (C=O) groups excluding carboxylic acids is 1. The molecule has 60 valence electrons. The van der Waals surface area contributed by atoms with Crippen LogP contribution in [0.15, 0.2) is 16.8 Å². The van der Waals surface area contributed by atoms with Crippen molar-refractivity contribution in [1.29, 1.82) is 0 Å². The van der Waals surface area contributed by atoms with Crippen LogP contribution in [0.25, 0.3) is 0 Å². The van der Waals surface area contributed by atoms with Crippen LogP contribution in [0.2, 0.25) is 0 Å². The summed E-state index contributed by atoms with van der Waals surface area (Å²) in [6, 6.07) is 0. The van der Waals surface area contributed by atoms with Crippen LogP contribution in [0.3, 0.4) is 0 Å². The van der Waals surface area contributed by atoms with Gasteiger partial charge < -0.3 is 0 Å². The summed E-state index contributed by atoms with van der Waals surface area (Å²) in [5, 5.41) is 7.96. The summed E-state index contributed by atoms with van der Waals surface area (Å²) in [7, 11) is 0. The van der Waals surface area contributed by atoms with Gasteiger partial charge in [0.25, 0.3) is 0 Å². The van der Waals surface area contributed by atoms with Gasteiger partial charge >= 0.3 is 0 Å². The van der Waals surface area contributed by atoms with Crippen LogP contribution in [0, 0.1) is 0 Å². The standard InChI is InChI=1S/C6H8N2O3/c1-4(9)6-2-5(3-7-6)8-11-10/h2,8,10H,3H2,1H3. The predicted molar refractivity (Wildman–Crippen MR) is 37.9 cm³/mol. The average molecular weight is 156 g/mol. The Balaban J connectivity index is 2.56. The lowest BCUT2D eigenvalue weighted by atomic mass is 10.2. The molecule has 0 bridgehead atoms. The number of rotatable bonds is 3. The van der Waals surface area contributed by atoms with Crippen molar-refractivity contribution < 1.29 is 15.0 Å². The summed E-state index contributed by atoms with van der Waals surface area (Å²) in [6.07, 6.45) is 1.53. The van der Waals surface area contributed by atoms with E-state index in [-0.39, 0.29) is 5.78 Å². The Morgan fingerprint density at radius 3 is 3.09 bits per heavy atom. The molecule has 0 unspecified atom stereocenters. The van der Waals surface area contributed by atoms with Gasteiger partial charge in [-0.3, -0.25) is 9.79 Å². The molecule has 0 saturated heterocycles. The van der Waals surface area contributed by atoms with Gasteiger partial charge in [0.2, 0.25) is 0 Å². The van der Waals surface area contributed by atoms with Gasteiger partial charge in [0.1, 0.15) is 5.71 Å². The van der Waals surface area contributed by atoms with Crippen molar-refractivity contribution in [2.45, 2.75) is 6.92 Å². The average Bonchev–Trinajstić information content (AvgIpc) is 2.37. The second-order valence-corrected chi connectivity index (χ2v) is 2.12. The molecule has 2 N–H and O–H groups in total. The summed E-state index contributed by atoms with van der Waals surface area (Å²) in [6.45, 7) is 1.77. The summed E-state index contributed by atoms with van der Waals surface area (Å²) in [5.74, 6) is -0.0975. The van der Waals surface area contributed by atoms with Gasteiger partial charge in [-0.2, -0.15) is 0 Å². The number of allylic oxidation sites excluding steroid dienone is 1. The third-order valence-corrected chi connectivity index (χ3v) is 1.27. The molecule has 0 aromatic carbocycles.